The van der Waals surface area contributed by atoms with Crippen molar-refractivity contribution in [1.82, 2.24) is 5.32 Å². The van der Waals surface area contributed by atoms with Gasteiger partial charge >= 0.3 is 0 Å². The number of nitro benzene ring substituents is 1. The summed E-state index contributed by atoms with van der Waals surface area (Å²) in [6.07, 6.45) is 1.83. The van der Waals surface area contributed by atoms with Crippen LogP contribution in [0.3, 0.4) is 0 Å². The smallest absolute Gasteiger partial charge is 0.269 e. The molecular formula is C14H20N2O3S. The van der Waals surface area contributed by atoms with E-state index in [0.717, 1.165) is 17.7 Å². The topological polar surface area (TPSA) is 72.2 Å². The van der Waals surface area contributed by atoms with Crippen molar-refractivity contribution in [2.75, 3.05) is 0 Å². The largest absolute Gasteiger partial charge is 0.352 e. The fourth-order valence-corrected chi connectivity index (χ4v) is 2.59. The van der Waals surface area contributed by atoms with Gasteiger partial charge in [-0.25, -0.2) is 0 Å². The van der Waals surface area contributed by atoms with E-state index in [2.05, 4.69) is 5.32 Å². The third-order valence-corrected chi connectivity index (χ3v) is 4.17. The number of hydrogen-bond acceptors (Lipinski definition) is 4. The number of rotatable bonds is 7. The minimum atomic E-state index is -0.433. The average Bonchev–Trinajstić information content (AvgIpc) is 2.44. The molecule has 0 aliphatic rings. The highest BCUT2D eigenvalue weighted by Gasteiger charge is 2.17. The molecule has 0 aliphatic heterocycles. The summed E-state index contributed by atoms with van der Waals surface area (Å²) in [7, 11) is 0. The second kappa shape index (κ2) is 7.89. The third kappa shape index (κ3) is 4.85. The predicted octanol–water partition coefficient (Wildman–Crippen LogP) is 3.38. The van der Waals surface area contributed by atoms with Gasteiger partial charge in [0, 0.05) is 23.1 Å². The molecule has 0 spiro atoms. The standard InChI is InChI=1S/C14H20N2O3S/c1-4-11(5-2)15-14(17)10(3)20-13-8-6-12(7-9-13)16(18)19/h6-11H,4-5H2,1-3H3,(H,15,17). The maximum absolute atomic E-state index is 12.0. The Bertz CT molecular complexity index is 458. The Morgan fingerprint density at radius 2 is 1.85 bits per heavy atom. The van der Waals surface area contributed by atoms with Gasteiger partial charge in [-0.15, -0.1) is 11.8 Å². The number of benzene rings is 1. The van der Waals surface area contributed by atoms with E-state index in [9.17, 15) is 14.9 Å². The highest BCUT2D eigenvalue weighted by Crippen LogP contribution is 2.25. The molecule has 1 amide bonds. The van der Waals surface area contributed by atoms with E-state index in [1.54, 1.807) is 12.1 Å². The van der Waals surface area contributed by atoms with E-state index in [0.29, 0.717) is 0 Å². The molecule has 1 atom stereocenters. The van der Waals surface area contributed by atoms with Crippen molar-refractivity contribution in [3.8, 4) is 0 Å². The number of hydrogen-bond donors (Lipinski definition) is 1. The van der Waals surface area contributed by atoms with E-state index in [1.807, 2.05) is 20.8 Å². The normalized spacial score (nSPS) is 12.2. The van der Waals surface area contributed by atoms with Crippen LogP contribution >= 0.6 is 11.8 Å². The van der Waals surface area contributed by atoms with Crippen LogP contribution in [-0.4, -0.2) is 22.1 Å². The molecule has 5 nitrogen and oxygen atoms in total. The molecule has 0 radical (unpaired) electrons. The second-order valence-electron chi connectivity index (χ2n) is 4.53. The van der Waals surface area contributed by atoms with Crippen LogP contribution in [0.2, 0.25) is 0 Å². The lowest BCUT2D eigenvalue weighted by Crippen LogP contribution is -2.38. The first-order valence-corrected chi connectivity index (χ1v) is 7.57. The molecule has 0 saturated carbocycles. The van der Waals surface area contributed by atoms with E-state index in [4.69, 9.17) is 0 Å². The van der Waals surface area contributed by atoms with Gasteiger partial charge in [0.15, 0.2) is 0 Å². The van der Waals surface area contributed by atoms with Gasteiger partial charge in [0.1, 0.15) is 0 Å². The predicted molar refractivity (Wildman–Crippen MR) is 80.9 cm³/mol. The first-order valence-electron chi connectivity index (χ1n) is 6.69. The lowest BCUT2D eigenvalue weighted by atomic mass is 10.2. The van der Waals surface area contributed by atoms with Crippen molar-refractivity contribution in [3.63, 3.8) is 0 Å². The molecule has 1 N–H and O–H groups in total. The first-order chi connectivity index (χ1) is 9.47. The summed E-state index contributed by atoms with van der Waals surface area (Å²) in [6.45, 7) is 5.93. The van der Waals surface area contributed by atoms with Gasteiger partial charge in [-0.1, -0.05) is 13.8 Å². The second-order valence-corrected chi connectivity index (χ2v) is 5.95. The summed E-state index contributed by atoms with van der Waals surface area (Å²) in [6, 6.07) is 6.46. The number of nitrogens with one attached hydrogen (secondary N) is 1. The fourth-order valence-electron chi connectivity index (χ4n) is 1.72. The van der Waals surface area contributed by atoms with Gasteiger partial charge in [-0.05, 0) is 31.9 Å². The van der Waals surface area contributed by atoms with Gasteiger partial charge in [0.05, 0.1) is 10.2 Å². The van der Waals surface area contributed by atoms with Crippen LogP contribution in [0.15, 0.2) is 29.2 Å². The summed E-state index contributed by atoms with van der Waals surface area (Å²) < 4.78 is 0. The Morgan fingerprint density at radius 1 is 1.30 bits per heavy atom. The molecule has 20 heavy (non-hydrogen) atoms. The molecule has 1 rings (SSSR count). The number of nitrogens with zero attached hydrogens (tertiary/aromatic N) is 1. The quantitative estimate of drug-likeness (QED) is 0.475. The Morgan fingerprint density at radius 3 is 2.30 bits per heavy atom. The molecule has 0 aromatic heterocycles. The number of non-ortho nitro benzene ring substituents is 1. The molecule has 0 saturated heterocycles. The van der Waals surface area contributed by atoms with E-state index in [1.165, 1.54) is 23.9 Å². The Balaban J connectivity index is 2.58. The first kappa shape index (κ1) is 16.5. The van der Waals surface area contributed by atoms with Gasteiger partial charge in [-0.3, -0.25) is 14.9 Å². The van der Waals surface area contributed by atoms with Gasteiger partial charge in [0.2, 0.25) is 5.91 Å². The summed E-state index contributed by atoms with van der Waals surface area (Å²) in [5.41, 5.74) is 0.0588. The number of nitro groups is 1. The van der Waals surface area contributed by atoms with Crippen molar-refractivity contribution in [2.45, 2.75) is 49.8 Å². The van der Waals surface area contributed by atoms with E-state index >= 15 is 0 Å². The lowest BCUT2D eigenvalue weighted by molar-refractivity contribution is -0.384. The van der Waals surface area contributed by atoms with Crippen molar-refractivity contribution in [3.05, 3.63) is 34.4 Å². The molecule has 0 bridgehead atoms. The Kier molecular flexibility index (Phi) is 6.51. The summed E-state index contributed by atoms with van der Waals surface area (Å²) in [4.78, 5) is 23.0. The molecule has 0 aliphatic carbocycles. The van der Waals surface area contributed by atoms with Crippen molar-refractivity contribution < 1.29 is 9.72 Å². The van der Waals surface area contributed by atoms with Gasteiger partial charge in [-0.2, -0.15) is 0 Å². The SMILES string of the molecule is CCC(CC)NC(=O)C(C)Sc1ccc([N+](=O)[O-])cc1. The highest BCUT2D eigenvalue weighted by atomic mass is 32.2. The lowest BCUT2D eigenvalue weighted by Gasteiger charge is -2.18. The highest BCUT2D eigenvalue weighted by molar-refractivity contribution is 8.00. The Labute approximate surface area is 123 Å². The van der Waals surface area contributed by atoms with Crippen LogP contribution < -0.4 is 5.32 Å². The van der Waals surface area contributed by atoms with Crippen LogP contribution in [0.1, 0.15) is 33.6 Å². The molecule has 110 valence electrons. The minimum absolute atomic E-state index is 0.00190. The van der Waals surface area contributed by atoms with Crippen molar-refractivity contribution in [2.24, 2.45) is 0 Å². The summed E-state index contributed by atoms with van der Waals surface area (Å²) in [5.74, 6) is 0.00190. The van der Waals surface area contributed by atoms with Gasteiger partial charge in [0.25, 0.3) is 5.69 Å². The minimum Gasteiger partial charge on any atom is -0.352 e. The van der Waals surface area contributed by atoms with Crippen molar-refractivity contribution >= 4 is 23.4 Å². The molecule has 1 aromatic rings. The molecule has 0 heterocycles. The van der Waals surface area contributed by atoms with Crippen LogP contribution in [-0.2, 0) is 4.79 Å². The monoisotopic (exact) mass is 296 g/mol. The number of thioether (sulfide) groups is 1. The zero-order valence-corrected chi connectivity index (χ0v) is 12.8. The molecule has 1 aromatic carbocycles. The number of carbonyl (C=O) groups is 1. The van der Waals surface area contributed by atoms with Crippen LogP contribution in [0.4, 0.5) is 5.69 Å². The van der Waals surface area contributed by atoms with Crippen LogP contribution in [0, 0.1) is 10.1 Å². The van der Waals surface area contributed by atoms with Crippen LogP contribution in [0.5, 0.6) is 0 Å². The Hall–Kier alpha value is -1.56. The zero-order chi connectivity index (χ0) is 15.1. The molecule has 1 unspecified atom stereocenters. The fraction of sp³-hybridized carbons (Fsp3) is 0.500. The zero-order valence-electron chi connectivity index (χ0n) is 12.0. The number of amides is 1. The van der Waals surface area contributed by atoms with E-state index < -0.39 is 4.92 Å². The third-order valence-electron chi connectivity index (χ3n) is 3.06. The van der Waals surface area contributed by atoms with Gasteiger partial charge < -0.3 is 5.32 Å². The maximum Gasteiger partial charge on any atom is 0.269 e. The van der Waals surface area contributed by atoms with Crippen molar-refractivity contribution in [1.29, 1.82) is 0 Å². The molecule has 0 fully saturated rings. The number of carbonyl (C=O) groups excluding carboxylic acids is 1. The van der Waals surface area contributed by atoms with E-state index in [-0.39, 0.29) is 22.9 Å². The molecular weight excluding hydrogens is 276 g/mol. The molecule has 6 heteroatoms. The summed E-state index contributed by atoms with van der Waals surface area (Å²) >= 11 is 1.40. The maximum atomic E-state index is 12.0. The summed E-state index contributed by atoms with van der Waals surface area (Å²) in [5, 5.41) is 13.3. The van der Waals surface area contributed by atoms with Crippen LogP contribution in [0.25, 0.3) is 0 Å². The average molecular weight is 296 g/mol.